The Labute approximate surface area is 249 Å². The smallest absolute Gasteiger partial charge is 0.323 e. The first-order valence-corrected chi connectivity index (χ1v) is 13.9. The molecule has 4 aromatic rings. The summed E-state index contributed by atoms with van der Waals surface area (Å²) in [6, 6.07) is 19.3. The van der Waals surface area contributed by atoms with Crippen LogP contribution in [0.4, 0.5) is 0 Å². The van der Waals surface area contributed by atoms with Gasteiger partial charge in [0.1, 0.15) is 44.0 Å². The number of ether oxygens (including phenoxy) is 4. The van der Waals surface area contributed by atoms with Crippen LogP contribution in [0.2, 0.25) is 0 Å². The zero-order chi connectivity index (χ0) is 30.3. The predicted octanol–water partition coefficient (Wildman–Crippen LogP) is 3.92. The summed E-state index contributed by atoms with van der Waals surface area (Å²) in [5.41, 5.74) is 4.45. The molecule has 0 unspecified atom stereocenters. The van der Waals surface area contributed by atoms with Crippen molar-refractivity contribution in [2.24, 2.45) is 0 Å². The van der Waals surface area contributed by atoms with E-state index in [9.17, 15) is 19.8 Å². The number of aliphatic hydroxyl groups is 1. The maximum absolute atomic E-state index is 13.4. The fourth-order valence-corrected chi connectivity index (χ4v) is 4.77. The van der Waals surface area contributed by atoms with E-state index in [1.165, 1.54) is 4.57 Å². The van der Waals surface area contributed by atoms with Crippen molar-refractivity contribution in [3.05, 3.63) is 111 Å². The van der Waals surface area contributed by atoms with Crippen molar-refractivity contribution in [1.29, 1.82) is 0 Å². The molecule has 3 N–H and O–H groups in total. The second-order valence-electron chi connectivity index (χ2n) is 10.3. The number of nitrogens with zero attached hydrogens (tertiary/aromatic N) is 1. The number of carboxylic acids is 1. The number of carbonyl (C=O) groups is 1. The zero-order valence-electron chi connectivity index (χ0n) is 24.0. The molecular weight excluding hydrogens is 552 g/mol. The number of fused-ring (bicyclic) bond motifs is 1. The minimum Gasteiger partial charge on any atom is -0.488 e. The molecule has 0 radical (unpaired) electrons. The van der Waals surface area contributed by atoms with Crippen LogP contribution in [0.1, 0.15) is 27.8 Å². The Morgan fingerprint density at radius 3 is 2.49 bits per heavy atom. The lowest BCUT2D eigenvalue weighted by Crippen LogP contribution is -2.39. The van der Waals surface area contributed by atoms with Crippen LogP contribution in [0.15, 0.2) is 77.7 Å². The first-order valence-electron chi connectivity index (χ1n) is 13.9. The van der Waals surface area contributed by atoms with Crippen LogP contribution in [0.25, 0.3) is 5.69 Å². The average Bonchev–Trinajstić information content (AvgIpc) is 3.00. The van der Waals surface area contributed by atoms with Gasteiger partial charge in [-0.3, -0.25) is 19.5 Å². The number of aryl methyl sites for hydroxylation is 2. The van der Waals surface area contributed by atoms with E-state index in [0.29, 0.717) is 59.6 Å². The van der Waals surface area contributed by atoms with Gasteiger partial charge < -0.3 is 29.2 Å². The Morgan fingerprint density at radius 1 is 0.930 bits per heavy atom. The third-order valence-corrected chi connectivity index (χ3v) is 7.07. The molecule has 3 aromatic carbocycles. The van der Waals surface area contributed by atoms with Crippen molar-refractivity contribution in [1.82, 2.24) is 9.88 Å². The molecule has 0 saturated heterocycles. The fourth-order valence-electron chi connectivity index (χ4n) is 4.77. The lowest BCUT2D eigenvalue weighted by atomic mass is 10.1. The molecule has 2 heterocycles. The molecule has 1 aromatic heterocycles. The van der Waals surface area contributed by atoms with Gasteiger partial charge in [-0.25, -0.2) is 0 Å². The first-order chi connectivity index (χ1) is 20.8. The van der Waals surface area contributed by atoms with Crippen LogP contribution >= 0.6 is 0 Å². The van der Waals surface area contributed by atoms with Crippen molar-refractivity contribution in [3.63, 3.8) is 0 Å². The van der Waals surface area contributed by atoms with Gasteiger partial charge in [-0.1, -0.05) is 29.8 Å². The van der Waals surface area contributed by atoms with Gasteiger partial charge in [0.25, 0.3) is 5.56 Å². The minimum atomic E-state index is -1.15. The monoisotopic (exact) mass is 586 g/mol. The summed E-state index contributed by atoms with van der Waals surface area (Å²) in [7, 11) is 0. The Kier molecular flexibility index (Phi) is 9.29. The van der Waals surface area contributed by atoms with Gasteiger partial charge in [-0.15, -0.1) is 0 Å². The SMILES string of the molecule is Cc1cccc(COc2cc(OCc3cccn(-c4ccc5c(c4)OCCO5)c3=O)c(C)cc2CN[C@H](CO)C(=O)O)c1. The first kappa shape index (κ1) is 29.7. The van der Waals surface area contributed by atoms with Crippen molar-refractivity contribution in [3.8, 4) is 28.7 Å². The Balaban J connectivity index is 1.37. The lowest BCUT2D eigenvalue weighted by Gasteiger charge is -2.19. The van der Waals surface area contributed by atoms with E-state index < -0.39 is 18.6 Å². The van der Waals surface area contributed by atoms with Crippen LogP contribution in [0, 0.1) is 13.8 Å². The van der Waals surface area contributed by atoms with E-state index in [0.717, 1.165) is 16.7 Å². The topological polar surface area (TPSA) is 128 Å². The molecule has 0 saturated carbocycles. The molecular formula is C33H34N2O8. The van der Waals surface area contributed by atoms with Gasteiger partial charge in [0.2, 0.25) is 0 Å². The predicted molar refractivity (Wildman–Crippen MR) is 159 cm³/mol. The lowest BCUT2D eigenvalue weighted by molar-refractivity contribution is -0.140. The van der Waals surface area contributed by atoms with Gasteiger partial charge in [-0.2, -0.15) is 0 Å². The number of hydrogen-bond acceptors (Lipinski definition) is 8. The number of hydrogen-bond donors (Lipinski definition) is 3. The van der Waals surface area contributed by atoms with E-state index in [4.69, 9.17) is 18.9 Å². The van der Waals surface area contributed by atoms with Gasteiger partial charge >= 0.3 is 5.97 Å². The maximum atomic E-state index is 13.4. The second-order valence-corrected chi connectivity index (χ2v) is 10.3. The largest absolute Gasteiger partial charge is 0.488 e. The second kappa shape index (κ2) is 13.5. The normalized spacial score (nSPS) is 12.9. The molecule has 224 valence electrons. The molecule has 10 nitrogen and oxygen atoms in total. The number of rotatable bonds is 12. The minimum absolute atomic E-state index is 0.0194. The van der Waals surface area contributed by atoms with Crippen LogP contribution < -0.4 is 29.8 Å². The third kappa shape index (κ3) is 7.17. The van der Waals surface area contributed by atoms with E-state index >= 15 is 0 Å². The standard InChI is InChI=1S/C33H34N2O8/c1-21-5-3-6-23(13-21)19-42-30-16-29(22(2)14-25(30)17-34-27(18-36)33(38)39)43-20-24-7-4-10-35(32(24)37)26-8-9-28-31(15-26)41-12-11-40-28/h3-10,13-16,27,34,36H,11-12,17-20H2,1-2H3,(H,38,39)/t27-/m1/s1. The fraction of sp³-hybridized carbons (Fsp3) is 0.273. The number of benzene rings is 3. The van der Waals surface area contributed by atoms with Gasteiger partial charge in [0.15, 0.2) is 11.5 Å². The van der Waals surface area contributed by atoms with E-state index in [1.807, 2.05) is 44.2 Å². The maximum Gasteiger partial charge on any atom is 0.323 e. The van der Waals surface area contributed by atoms with Crippen molar-refractivity contribution < 1.29 is 34.0 Å². The van der Waals surface area contributed by atoms with E-state index in [-0.39, 0.29) is 18.7 Å². The van der Waals surface area contributed by atoms with Crippen LogP contribution in [0.3, 0.4) is 0 Å². The molecule has 0 fully saturated rings. The Bertz CT molecular complexity index is 1670. The zero-order valence-corrected chi connectivity index (χ0v) is 24.0. The number of pyridine rings is 1. The average molecular weight is 587 g/mol. The molecule has 0 spiro atoms. The molecule has 0 aliphatic carbocycles. The van der Waals surface area contributed by atoms with Gasteiger partial charge in [0.05, 0.1) is 17.9 Å². The Morgan fingerprint density at radius 2 is 1.72 bits per heavy atom. The molecule has 1 aliphatic heterocycles. The van der Waals surface area contributed by atoms with Crippen molar-refractivity contribution in [2.75, 3.05) is 19.8 Å². The highest BCUT2D eigenvalue weighted by molar-refractivity contribution is 5.73. The molecule has 1 aliphatic rings. The van der Waals surface area contributed by atoms with Crippen LogP contribution in [0.5, 0.6) is 23.0 Å². The molecule has 10 heteroatoms. The van der Waals surface area contributed by atoms with E-state index in [2.05, 4.69) is 5.32 Å². The van der Waals surface area contributed by atoms with Gasteiger partial charge in [0, 0.05) is 30.4 Å². The molecule has 0 bridgehead atoms. The molecule has 43 heavy (non-hydrogen) atoms. The Hall–Kier alpha value is -4.80. The number of aromatic nitrogens is 1. The highest BCUT2D eigenvalue weighted by atomic mass is 16.6. The summed E-state index contributed by atoms with van der Waals surface area (Å²) in [6.45, 7) is 4.72. The summed E-state index contributed by atoms with van der Waals surface area (Å²) in [6.07, 6.45) is 1.69. The summed E-state index contributed by atoms with van der Waals surface area (Å²) in [5, 5.41) is 21.6. The number of aliphatic hydroxyl groups excluding tert-OH is 1. The summed E-state index contributed by atoms with van der Waals surface area (Å²) in [4.78, 5) is 24.8. The summed E-state index contributed by atoms with van der Waals surface area (Å²) < 4.78 is 25.1. The summed E-state index contributed by atoms with van der Waals surface area (Å²) >= 11 is 0. The number of aliphatic carboxylic acids is 1. The van der Waals surface area contributed by atoms with Crippen LogP contribution in [-0.2, 0) is 24.6 Å². The summed E-state index contributed by atoms with van der Waals surface area (Å²) in [5.74, 6) is 1.11. The molecule has 1 atom stereocenters. The highest BCUT2D eigenvalue weighted by Gasteiger charge is 2.18. The molecule has 0 amide bonds. The van der Waals surface area contributed by atoms with E-state index in [1.54, 1.807) is 42.6 Å². The van der Waals surface area contributed by atoms with Crippen molar-refractivity contribution in [2.45, 2.75) is 39.6 Å². The number of carboxylic acid groups (broad SMARTS) is 1. The van der Waals surface area contributed by atoms with Gasteiger partial charge in [-0.05, 0) is 55.3 Å². The number of nitrogens with one attached hydrogen (secondary N) is 1. The third-order valence-electron chi connectivity index (χ3n) is 7.07. The highest BCUT2D eigenvalue weighted by Crippen LogP contribution is 2.32. The quantitative estimate of drug-likeness (QED) is 0.226. The molecule has 5 rings (SSSR count). The van der Waals surface area contributed by atoms with Crippen LogP contribution in [-0.4, -0.2) is 46.6 Å². The van der Waals surface area contributed by atoms with Crippen molar-refractivity contribution >= 4 is 5.97 Å².